The highest BCUT2D eigenvalue weighted by Gasteiger charge is 2.18. The van der Waals surface area contributed by atoms with E-state index in [0.717, 1.165) is 66.5 Å². The predicted octanol–water partition coefficient (Wildman–Crippen LogP) is 10.8. The van der Waals surface area contributed by atoms with E-state index in [1.807, 2.05) is 36.4 Å². The van der Waals surface area contributed by atoms with Crippen molar-refractivity contribution >= 4 is 43.6 Å². The smallest absolute Gasteiger partial charge is 0.0998 e. The van der Waals surface area contributed by atoms with E-state index in [1.165, 1.54) is 10.8 Å². The number of aromatic nitrogens is 2. The summed E-state index contributed by atoms with van der Waals surface area (Å²) in [5.41, 5.74) is 11.5. The molecule has 0 unspecified atom stereocenters. The normalized spacial score (nSPS) is 11.1. The average Bonchev–Trinajstić information content (AvgIpc) is 3.70. The van der Waals surface area contributed by atoms with Gasteiger partial charge in [0.25, 0.3) is 0 Å². The molecule has 0 aliphatic carbocycles. The number of nitriles is 3. The molecule has 2 heterocycles. The zero-order valence-electron chi connectivity index (χ0n) is 26.7. The van der Waals surface area contributed by atoms with Crippen LogP contribution < -0.4 is 0 Å². The molecule has 0 radical (unpaired) electrons. The van der Waals surface area contributed by atoms with Crippen LogP contribution in [0.5, 0.6) is 0 Å². The van der Waals surface area contributed by atoms with E-state index in [4.69, 9.17) is 0 Å². The van der Waals surface area contributed by atoms with E-state index in [0.29, 0.717) is 16.7 Å². The Labute approximate surface area is 287 Å². The monoisotopic (exact) mass is 635 g/mol. The van der Waals surface area contributed by atoms with Crippen molar-refractivity contribution in [1.29, 1.82) is 15.8 Å². The van der Waals surface area contributed by atoms with Crippen molar-refractivity contribution in [3.8, 4) is 51.8 Å². The first-order valence-electron chi connectivity index (χ1n) is 16.3. The van der Waals surface area contributed by atoms with Gasteiger partial charge in [0.1, 0.15) is 0 Å². The molecule has 7 aromatic carbocycles. The summed E-state index contributed by atoms with van der Waals surface area (Å²) in [6.45, 7) is 0. The van der Waals surface area contributed by atoms with Crippen LogP contribution in [-0.2, 0) is 0 Å². The summed E-state index contributed by atoms with van der Waals surface area (Å²) in [5.74, 6) is 0. The van der Waals surface area contributed by atoms with E-state index in [1.54, 1.807) is 12.1 Å². The van der Waals surface area contributed by atoms with Gasteiger partial charge >= 0.3 is 0 Å². The van der Waals surface area contributed by atoms with Crippen LogP contribution in [0.15, 0.2) is 152 Å². The molecule has 0 saturated heterocycles. The number of rotatable bonds is 4. The summed E-state index contributed by atoms with van der Waals surface area (Å²) in [6.07, 6.45) is 0. The van der Waals surface area contributed by atoms with Crippen LogP contribution in [0.4, 0.5) is 0 Å². The lowest BCUT2D eigenvalue weighted by molar-refractivity contribution is 1.18. The molecule has 9 aromatic rings. The summed E-state index contributed by atoms with van der Waals surface area (Å²) >= 11 is 0. The van der Waals surface area contributed by atoms with Crippen LogP contribution in [0, 0.1) is 34.0 Å². The lowest BCUT2D eigenvalue weighted by Gasteiger charge is -2.15. The summed E-state index contributed by atoms with van der Waals surface area (Å²) < 4.78 is 4.43. The number of nitrogens with zero attached hydrogens (tertiary/aromatic N) is 5. The number of benzene rings is 7. The molecule has 0 amide bonds. The Morgan fingerprint density at radius 2 is 1.06 bits per heavy atom. The molecular formula is C45H25N5. The van der Waals surface area contributed by atoms with E-state index in [-0.39, 0.29) is 0 Å². The Kier molecular flexibility index (Phi) is 6.56. The van der Waals surface area contributed by atoms with Crippen molar-refractivity contribution < 1.29 is 0 Å². The Hall–Kier alpha value is -7.39. The summed E-state index contributed by atoms with van der Waals surface area (Å²) in [7, 11) is 0. The van der Waals surface area contributed by atoms with E-state index in [9.17, 15) is 15.8 Å². The third kappa shape index (κ3) is 4.38. The van der Waals surface area contributed by atoms with Crippen molar-refractivity contribution in [2.45, 2.75) is 0 Å². The Balaban J connectivity index is 1.24. The van der Waals surface area contributed by atoms with Crippen molar-refractivity contribution in [2.24, 2.45) is 0 Å². The molecule has 50 heavy (non-hydrogen) atoms. The van der Waals surface area contributed by atoms with Crippen LogP contribution in [0.2, 0.25) is 0 Å². The van der Waals surface area contributed by atoms with Gasteiger partial charge in [-0.1, -0.05) is 78.9 Å². The first-order valence-corrected chi connectivity index (χ1v) is 16.3. The highest BCUT2D eigenvalue weighted by molar-refractivity contribution is 6.12. The molecule has 0 atom stereocenters. The van der Waals surface area contributed by atoms with E-state index >= 15 is 0 Å². The zero-order chi connectivity index (χ0) is 33.8. The molecular weight excluding hydrogens is 611 g/mol. The highest BCUT2D eigenvalue weighted by Crippen LogP contribution is 2.39. The molecule has 5 heteroatoms. The molecule has 0 saturated carbocycles. The number of hydrogen-bond donors (Lipinski definition) is 0. The number of para-hydroxylation sites is 3. The van der Waals surface area contributed by atoms with Crippen LogP contribution >= 0.6 is 0 Å². The SMILES string of the molecule is N#Cc1cc(-c2cccc(-c3ccccc3-n3c4ccccc4c4ccccc43)c2)cc(-n2c3ccc(C#N)cc3c3c(C#N)cccc32)c1. The Morgan fingerprint density at radius 3 is 1.82 bits per heavy atom. The van der Waals surface area contributed by atoms with E-state index in [2.05, 4.69) is 130 Å². The maximum atomic E-state index is 10.2. The second-order valence-corrected chi connectivity index (χ2v) is 12.3. The predicted molar refractivity (Wildman–Crippen MR) is 200 cm³/mol. The third-order valence-electron chi connectivity index (χ3n) is 9.58. The fourth-order valence-corrected chi connectivity index (χ4v) is 7.44. The largest absolute Gasteiger partial charge is 0.309 e. The first kappa shape index (κ1) is 28.8. The first-order chi connectivity index (χ1) is 24.7. The molecule has 9 rings (SSSR count). The molecule has 0 fully saturated rings. The maximum Gasteiger partial charge on any atom is 0.0998 e. The topological polar surface area (TPSA) is 81.2 Å². The van der Waals surface area contributed by atoms with Crippen LogP contribution in [-0.4, -0.2) is 9.13 Å². The van der Waals surface area contributed by atoms with Gasteiger partial charge in [-0.2, -0.15) is 15.8 Å². The molecule has 230 valence electrons. The molecule has 2 aromatic heterocycles. The Bertz CT molecular complexity index is 2920. The summed E-state index contributed by atoms with van der Waals surface area (Å²) in [6, 6.07) is 58.0. The Morgan fingerprint density at radius 1 is 0.400 bits per heavy atom. The number of hydrogen-bond acceptors (Lipinski definition) is 3. The van der Waals surface area contributed by atoms with Gasteiger partial charge in [0, 0.05) is 32.8 Å². The van der Waals surface area contributed by atoms with Crippen molar-refractivity contribution in [3.05, 3.63) is 168 Å². The van der Waals surface area contributed by atoms with Crippen LogP contribution in [0.1, 0.15) is 16.7 Å². The fourth-order valence-electron chi connectivity index (χ4n) is 7.44. The highest BCUT2D eigenvalue weighted by atomic mass is 15.0. The molecule has 5 nitrogen and oxygen atoms in total. The second kappa shape index (κ2) is 11.4. The van der Waals surface area contributed by atoms with Crippen molar-refractivity contribution in [3.63, 3.8) is 0 Å². The molecule has 0 N–H and O–H groups in total. The van der Waals surface area contributed by atoms with Gasteiger partial charge in [0.05, 0.1) is 62.7 Å². The maximum absolute atomic E-state index is 10.2. The average molecular weight is 636 g/mol. The van der Waals surface area contributed by atoms with Crippen molar-refractivity contribution in [1.82, 2.24) is 9.13 Å². The molecule has 0 spiro atoms. The van der Waals surface area contributed by atoms with Crippen LogP contribution in [0.25, 0.3) is 77.2 Å². The lowest BCUT2D eigenvalue weighted by atomic mass is 9.96. The third-order valence-corrected chi connectivity index (χ3v) is 9.58. The molecule has 0 aliphatic heterocycles. The van der Waals surface area contributed by atoms with Gasteiger partial charge in [0.2, 0.25) is 0 Å². The van der Waals surface area contributed by atoms with Gasteiger partial charge in [-0.05, 0) is 89.5 Å². The van der Waals surface area contributed by atoms with E-state index < -0.39 is 0 Å². The standard InChI is InChI=1S/C45H25N5/c46-26-29-19-20-43-39(23-29)45-33(28-48)11-8-18-44(45)49(43)35-22-30(27-47)21-34(25-35)31-9-7-10-32(24-31)36-12-1-4-15-40(36)50-41-16-5-2-13-37(41)38-14-3-6-17-42(38)50/h1-25H. The van der Waals surface area contributed by atoms with Gasteiger partial charge in [-0.3, -0.25) is 0 Å². The van der Waals surface area contributed by atoms with Crippen molar-refractivity contribution in [2.75, 3.05) is 0 Å². The minimum absolute atomic E-state index is 0.522. The molecule has 0 bridgehead atoms. The van der Waals surface area contributed by atoms with Gasteiger partial charge < -0.3 is 9.13 Å². The minimum atomic E-state index is 0.522. The van der Waals surface area contributed by atoms with Gasteiger partial charge in [-0.25, -0.2) is 0 Å². The van der Waals surface area contributed by atoms with Crippen LogP contribution in [0.3, 0.4) is 0 Å². The zero-order valence-corrected chi connectivity index (χ0v) is 26.7. The van der Waals surface area contributed by atoms with Gasteiger partial charge in [0.15, 0.2) is 0 Å². The second-order valence-electron chi connectivity index (χ2n) is 12.3. The summed E-state index contributed by atoms with van der Waals surface area (Å²) in [4.78, 5) is 0. The van der Waals surface area contributed by atoms with Gasteiger partial charge in [-0.15, -0.1) is 0 Å². The summed E-state index contributed by atoms with van der Waals surface area (Å²) in [5, 5.41) is 33.9. The quantitative estimate of drug-likeness (QED) is 0.193. The minimum Gasteiger partial charge on any atom is -0.309 e. The lowest BCUT2D eigenvalue weighted by Crippen LogP contribution is -1.97. The fraction of sp³-hybridized carbons (Fsp3) is 0. The number of fused-ring (bicyclic) bond motifs is 6. The molecule has 0 aliphatic rings.